The van der Waals surface area contributed by atoms with Crippen LogP contribution in [0.15, 0.2) is 34.8 Å². The average molecular weight is 364 g/mol. The van der Waals surface area contributed by atoms with E-state index >= 15 is 0 Å². The fourth-order valence-corrected chi connectivity index (χ4v) is 4.00. The van der Waals surface area contributed by atoms with Gasteiger partial charge in [0.25, 0.3) is 0 Å². The number of ketones is 1. The summed E-state index contributed by atoms with van der Waals surface area (Å²) in [6.07, 6.45) is 4.67. The van der Waals surface area contributed by atoms with E-state index in [9.17, 15) is 9.59 Å². The number of Topliss-reactive ketones (excluding diaryl/α,β-unsaturated/α-hetero) is 1. The minimum Gasteiger partial charge on any atom is -0.318 e. The van der Waals surface area contributed by atoms with Crippen LogP contribution >= 0.6 is 22.7 Å². The smallest absolute Gasteiger partial charge is 0.318 e. The van der Waals surface area contributed by atoms with Gasteiger partial charge in [-0.1, -0.05) is 37.4 Å². The molecule has 0 atom stereocenters. The second kappa shape index (κ2) is 9.49. The van der Waals surface area contributed by atoms with Gasteiger partial charge in [-0.15, -0.1) is 22.7 Å². The van der Waals surface area contributed by atoms with E-state index in [4.69, 9.17) is 4.84 Å². The molecule has 0 saturated heterocycles. The van der Waals surface area contributed by atoms with Gasteiger partial charge in [-0.25, -0.2) is 4.79 Å². The number of thiophene rings is 2. The minimum atomic E-state index is -0.515. The lowest BCUT2D eigenvalue weighted by Gasteiger charge is -2.03. The van der Waals surface area contributed by atoms with Gasteiger partial charge >= 0.3 is 5.97 Å². The van der Waals surface area contributed by atoms with Crippen molar-refractivity contribution in [2.75, 3.05) is 0 Å². The molecule has 0 aromatic carbocycles. The van der Waals surface area contributed by atoms with Gasteiger partial charge in [-0.05, 0) is 36.4 Å². The monoisotopic (exact) mass is 363 g/mol. The molecule has 0 aliphatic carbocycles. The fraction of sp³-hybridized carbons (Fsp3) is 0.389. The maximum Gasteiger partial charge on any atom is 0.331 e. The Labute approximate surface area is 150 Å². The lowest BCUT2D eigenvalue weighted by molar-refractivity contribution is -0.140. The molecule has 24 heavy (non-hydrogen) atoms. The van der Waals surface area contributed by atoms with E-state index in [1.165, 1.54) is 18.3 Å². The van der Waals surface area contributed by atoms with Gasteiger partial charge in [0, 0.05) is 16.7 Å². The molecule has 128 valence electrons. The SMILES string of the molecule is CCCCCC/C(=N\OC(C)=O)C(=O)c1ccc(-c2cccs2)s1. The molecule has 0 amide bonds. The molecular formula is C18H21NO3S2. The molecule has 2 aromatic heterocycles. The standard InChI is InChI=1S/C18H21NO3S2/c1-3-4-5-6-8-14(19-22-13(2)20)18(21)17-11-10-16(24-17)15-9-7-12-23-15/h7,9-12H,3-6,8H2,1-2H3/b19-14+. The highest BCUT2D eigenvalue weighted by Crippen LogP contribution is 2.32. The summed E-state index contributed by atoms with van der Waals surface area (Å²) in [6.45, 7) is 3.42. The molecule has 6 heteroatoms. The number of carbonyl (C=O) groups is 2. The van der Waals surface area contributed by atoms with E-state index in [-0.39, 0.29) is 5.78 Å². The van der Waals surface area contributed by atoms with Crippen molar-refractivity contribution < 1.29 is 14.4 Å². The Kier molecular flexibility index (Phi) is 7.34. The highest BCUT2D eigenvalue weighted by molar-refractivity contribution is 7.22. The van der Waals surface area contributed by atoms with Crippen molar-refractivity contribution in [1.82, 2.24) is 0 Å². The van der Waals surface area contributed by atoms with Crippen molar-refractivity contribution in [3.05, 3.63) is 34.5 Å². The van der Waals surface area contributed by atoms with Crippen molar-refractivity contribution in [3.63, 3.8) is 0 Å². The highest BCUT2D eigenvalue weighted by Gasteiger charge is 2.18. The maximum absolute atomic E-state index is 12.7. The second-order valence-electron chi connectivity index (χ2n) is 5.40. The predicted octanol–water partition coefficient (Wildman–Crippen LogP) is 5.55. The van der Waals surface area contributed by atoms with Crippen LogP contribution in [0.1, 0.15) is 55.6 Å². The topological polar surface area (TPSA) is 55.7 Å². The highest BCUT2D eigenvalue weighted by atomic mass is 32.1. The summed E-state index contributed by atoms with van der Waals surface area (Å²) >= 11 is 3.09. The lowest BCUT2D eigenvalue weighted by Crippen LogP contribution is -2.14. The molecule has 0 N–H and O–H groups in total. The van der Waals surface area contributed by atoms with E-state index in [0.29, 0.717) is 17.0 Å². The van der Waals surface area contributed by atoms with E-state index < -0.39 is 5.97 Å². The first kappa shape index (κ1) is 18.5. The zero-order valence-corrected chi connectivity index (χ0v) is 15.5. The van der Waals surface area contributed by atoms with Crippen LogP contribution in [0.5, 0.6) is 0 Å². The molecule has 0 saturated carbocycles. The number of rotatable bonds is 9. The molecule has 2 heterocycles. The molecule has 0 radical (unpaired) electrons. The molecule has 2 aromatic rings. The fourth-order valence-electron chi connectivity index (χ4n) is 2.19. The summed E-state index contributed by atoms with van der Waals surface area (Å²) in [7, 11) is 0. The minimum absolute atomic E-state index is 0.152. The number of hydrogen-bond acceptors (Lipinski definition) is 6. The Morgan fingerprint density at radius 3 is 2.62 bits per heavy atom. The molecule has 0 aliphatic rings. The van der Waals surface area contributed by atoms with Crippen molar-refractivity contribution in [2.24, 2.45) is 5.16 Å². The summed E-state index contributed by atoms with van der Waals surface area (Å²) in [6, 6.07) is 7.79. The van der Waals surface area contributed by atoms with Crippen molar-refractivity contribution in [2.45, 2.75) is 46.0 Å². The largest absolute Gasteiger partial charge is 0.331 e. The molecule has 2 rings (SSSR count). The summed E-state index contributed by atoms with van der Waals surface area (Å²) in [5, 5.41) is 5.81. The predicted molar refractivity (Wildman–Crippen MR) is 99.9 cm³/mol. The molecular weight excluding hydrogens is 342 g/mol. The molecule has 0 aliphatic heterocycles. The second-order valence-corrected chi connectivity index (χ2v) is 7.43. The molecule has 0 fully saturated rings. The lowest BCUT2D eigenvalue weighted by atomic mass is 10.1. The van der Waals surface area contributed by atoms with Gasteiger partial charge in [0.2, 0.25) is 5.78 Å². The van der Waals surface area contributed by atoms with Gasteiger partial charge in [0.15, 0.2) is 0 Å². The Bertz CT molecular complexity index is 702. The Morgan fingerprint density at radius 1 is 1.12 bits per heavy atom. The average Bonchev–Trinajstić information content (AvgIpc) is 3.24. The van der Waals surface area contributed by atoms with E-state index in [1.54, 1.807) is 11.3 Å². The first-order valence-corrected chi connectivity index (χ1v) is 9.74. The summed E-state index contributed by atoms with van der Waals surface area (Å²) in [5.74, 6) is -0.667. The number of unbranched alkanes of at least 4 members (excludes halogenated alkanes) is 3. The molecule has 0 unspecified atom stereocenters. The third-order valence-corrected chi connectivity index (χ3v) is 5.56. The van der Waals surface area contributed by atoms with Gasteiger partial charge in [0.05, 0.1) is 4.88 Å². The van der Waals surface area contributed by atoms with E-state index in [1.807, 2.05) is 29.6 Å². The third kappa shape index (κ3) is 5.39. The Hall–Kier alpha value is -1.79. The zero-order chi connectivity index (χ0) is 17.4. The normalized spacial score (nSPS) is 11.5. The first-order valence-electron chi connectivity index (χ1n) is 8.04. The van der Waals surface area contributed by atoms with Crippen LogP contribution in [0.25, 0.3) is 9.75 Å². The molecule has 0 spiro atoms. The van der Waals surface area contributed by atoms with Crippen LogP contribution in [0, 0.1) is 0 Å². The number of oxime groups is 1. The summed E-state index contributed by atoms with van der Waals surface area (Å²) in [4.78, 5) is 31.2. The van der Waals surface area contributed by atoms with Crippen LogP contribution in [-0.2, 0) is 9.63 Å². The van der Waals surface area contributed by atoms with Crippen molar-refractivity contribution in [3.8, 4) is 9.75 Å². The van der Waals surface area contributed by atoms with Crippen molar-refractivity contribution in [1.29, 1.82) is 0 Å². The third-order valence-electron chi connectivity index (χ3n) is 3.41. The van der Waals surface area contributed by atoms with Crippen LogP contribution in [-0.4, -0.2) is 17.5 Å². The van der Waals surface area contributed by atoms with Gasteiger partial charge in [0.1, 0.15) is 5.71 Å². The summed E-state index contributed by atoms with van der Waals surface area (Å²) < 4.78 is 0. The maximum atomic E-state index is 12.7. The number of hydrogen-bond donors (Lipinski definition) is 0. The van der Waals surface area contributed by atoms with E-state index in [0.717, 1.165) is 35.4 Å². The molecule has 4 nitrogen and oxygen atoms in total. The molecule has 0 bridgehead atoms. The quantitative estimate of drug-likeness (QED) is 0.193. The van der Waals surface area contributed by atoms with E-state index in [2.05, 4.69) is 12.1 Å². The number of nitrogens with zero attached hydrogens (tertiary/aromatic N) is 1. The number of carbonyl (C=O) groups excluding carboxylic acids is 2. The Balaban J connectivity index is 2.11. The van der Waals surface area contributed by atoms with Crippen LogP contribution in [0.4, 0.5) is 0 Å². The first-order chi connectivity index (χ1) is 11.6. The van der Waals surface area contributed by atoms with Crippen molar-refractivity contribution >= 4 is 40.1 Å². The summed E-state index contributed by atoms with van der Waals surface area (Å²) in [5.41, 5.74) is 0.320. The van der Waals surface area contributed by atoms with Gasteiger partial charge in [-0.3, -0.25) is 4.79 Å². The van der Waals surface area contributed by atoms with Crippen LogP contribution < -0.4 is 0 Å². The Morgan fingerprint density at radius 2 is 1.96 bits per heavy atom. The van der Waals surface area contributed by atoms with Gasteiger partial charge < -0.3 is 4.84 Å². The van der Waals surface area contributed by atoms with Crippen LogP contribution in [0.2, 0.25) is 0 Å². The van der Waals surface area contributed by atoms with Gasteiger partial charge in [-0.2, -0.15) is 0 Å². The zero-order valence-electron chi connectivity index (χ0n) is 13.9. The van der Waals surface area contributed by atoms with Crippen LogP contribution in [0.3, 0.4) is 0 Å².